The standard InChI is InChI=1S/C16H18O6/c1-16(2)11(22-16)8-20-14-10(18-3)7-9-5-6-12(17)21-13(9)15(14)19-4/h5-7,11H,8H2,1-4H3/t11-/m0/s1. The Hall–Kier alpha value is -2.21. The number of methoxy groups -OCH3 is 2. The number of ether oxygens (including phenoxy) is 4. The summed E-state index contributed by atoms with van der Waals surface area (Å²) >= 11 is 0. The van der Waals surface area contributed by atoms with E-state index in [9.17, 15) is 4.79 Å². The van der Waals surface area contributed by atoms with Gasteiger partial charge in [0.05, 0.1) is 19.8 Å². The van der Waals surface area contributed by atoms with Gasteiger partial charge < -0.3 is 23.4 Å². The zero-order valence-corrected chi connectivity index (χ0v) is 13.0. The van der Waals surface area contributed by atoms with E-state index in [-0.39, 0.29) is 11.7 Å². The van der Waals surface area contributed by atoms with Gasteiger partial charge in [-0.15, -0.1) is 0 Å². The normalized spacial score (nSPS) is 19.0. The molecule has 0 bridgehead atoms. The summed E-state index contributed by atoms with van der Waals surface area (Å²) in [7, 11) is 3.04. The Morgan fingerprint density at radius 3 is 2.50 bits per heavy atom. The second-order valence-electron chi connectivity index (χ2n) is 5.63. The minimum atomic E-state index is -0.450. The highest BCUT2D eigenvalue weighted by atomic mass is 16.6. The Kier molecular flexibility index (Phi) is 3.48. The largest absolute Gasteiger partial charge is 0.493 e. The minimum absolute atomic E-state index is 0.0143. The highest BCUT2D eigenvalue weighted by Gasteiger charge is 2.48. The monoisotopic (exact) mass is 306 g/mol. The van der Waals surface area contributed by atoms with Gasteiger partial charge in [-0.2, -0.15) is 0 Å². The lowest BCUT2D eigenvalue weighted by atomic mass is 10.1. The zero-order valence-electron chi connectivity index (χ0n) is 13.0. The van der Waals surface area contributed by atoms with Crippen LogP contribution in [-0.4, -0.2) is 32.5 Å². The predicted molar refractivity (Wildman–Crippen MR) is 80.0 cm³/mol. The van der Waals surface area contributed by atoms with Crippen molar-refractivity contribution in [3.63, 3.8) is 0 Å². The molecule has 0 spiro atoms. The van der Waals surface area contributed by atoms with Gasteiger partial charge in [0.2, 0.25) is 11.5 Å². The second-order valence-corrected chi connectivity index (χ2v) is 5.63. The zero-order chi connectivity index (χ0) is 15.9. The lowest BCUT2D eigenvalue weighted by Gasteiger charge is -2.15. The number of fused-ring (bicyclic) bond motifs is 1. The summed E-state index contributed by atoms with van der Waals surface area (Å²) in [6.07, 6.45) is 0.0143. The van der Waals surface area contributed by atoms with E-state index in [1.165, 1.54) is 13.2 Å². The Balaban J connectivity index is 2.04. The van der Waals surface area contributed by atoms with Crippen LogP contribution in [0, 0.1) is 0 Å². The first-order valence-corrected chi connectivity index (χ1v) is 6.95. The molecule has 0 radical (unpaired) electrons. The van der Waals surface area contributed by atoms with Gasteiger partial charge >= 0.3 is 5.63 Å². The Labute approximate surface area is 127 Å². The summed E-state index contributed by atoms with van der Waals surface area (Å²) < 4.78 is 27.3. The number of rotatable bonds is 5. The van der Waals surface area contributed by atoms with Crippen LogP contribution in [0.1, 0.15) is 13.8 Å². The summed E-state index contributed by atoms with van der Waals surface area (Å²) in [5.41, 5.74) is -0.292. The summed E-state index contributed by atoms with van der Waals surface area (Å²) in [6, 6.07) is 4.75. The molecular weight excluding hydrogens is 288 g/mol. The number of epoxide rings is 1. The van der Waals surface area contributed by atoms with Crippen LogP contribution in [0.25, 0.3) is 11.0 Å². The van der Waals surface area contributed by atoms with Crippen LogP contribution in [0.4, 0.5) is 0 Å². The van der Waals surface area contributed by atoms with E-state index in [4.69, 9.17) is 23.4 Å². The third-order valence-electron chi connectivity index (χ3n) is 3.75. The van der Waals surface area contributed by atoms with E-state index < -0.39 is 5.63 Å². The third kappa shape index (κ3) is 2.50. The van der Waals surface area contributed by atoms with Gasteiger partial charge in [0.1, 0.15) is 12.7 Å². The van der Waals surface area contributed by atoms with E-state index in [0.29, 0.717) is 34.8 Å². The maximum atomic E-state index is 11.5. The molecule has 1 aliphatic rings. The van der Waals surface area contributed by atoms with Gasteiger partial charge in [0.25, 0.3) is 0 Å². The van der Waals surface area contributed by atoms with Crippen molar-refractivity contribution in [2.24, 2.45) is 0 Å². The maximum absolute atomic E-state index is 11.5. The number of benzene rings is 1. The highest BCUT2D eigenvalue weighted by molar-refractivity contribution is 5.88. The van der Waals surface area contributed by atoms with Crippen molar-refractivity contribution >= 4 is 11.0 Å². The van der Waals surface area contributed by atoms with Crippen molar-refractivity contribution in [3.05, 3.63) is 28.6 Å². The lowest BCUT2D eigenvalue weighted by Crippen LogP contribution is -2.13. The molecule has 0 unspecified atom stereocenters. The molecule has 0 N–H and O–H groups in total. The second kappa shape index (κ2) is 5.21. The molecule has 1 aromatic heterocycles. The minimum Gasteiger partial charge on any atom is -0.493 e. The molecule has 22 heavy (non-hydrogen) atoms. The van der Waals surface area contributed by atoms with E-state index in [1.807, 2.05) is 13.8 Å². The van der Waals surface area contributed by atoms with Crippen LogP contribution in [0.3, 0.4) is 0 Å². The maximum Gasteiger partial charge on any atom is 0.336 e. The molecule has 1 atom stereocenters. The average Bonchev–Trinajstić information content (AvgIpc) is 3.10. The van der Waals surface area contributed by atoms with Crippen molar-refractivity contribution in [1.29, 1.82) is 0 Å². The predicted octanol–water partition coefficient (Wildman–Crippen LogP) is 2.37. The molecular formula is C16H18O6. The van der Waals surface area contributed by atoms with E-state index in [0.717, 1.165) is 0 Å². The molecule has 1 fully saturated rings. The fraction of sp³-hybridized carbons (Fsp3) is 0.438. The van der Waals surface area contributed by atoms with Crippen LogP contribution in [0.5, 0.6) is 17.2 Å². The molecule has 3 rings (SSSR count). The SMILES string of the molecule is COc1cc2ccc(=O)oc2c(OC)c1OC[C@@H]1OC1(C)C. The Morgan fingerprint density at radius 2 is 1.91 bits per heavy atom. The molecule has 6 heteroatoms. The number of hydrogen-bond donors (Lipinski definition) is 0. The molecule has 0 saturated carbocycles. The van der Waals surface area contributed by atoms with Gasteiger partial charge in [0.15, 0.2) is 11.3 Å². The molecule has 1 aromatic carbocycles. The van der Waals surface area contributed by atoms with Gasteiger partial charge in [-0.05, 0) is 26.0 Å². The molecule has 1 aliphatic heterocycles. The van der Waals surface area contributed by atoms with E-state index >= 15 is 0 Å². The van der Waals surface area contributed by atoms with Crippen molar-refractivity contribution in [2.45, 2.75) is 25.6 Å². The Morgan fingerprint density at radius 1 is 1.18 bits per heavy atom. The van der Waals surface area contributed by atoms with Crippen LogP contribution in [0.2, 0.25) is 0 Å². The van der Waals surface area contributed by atoms with Gasteiger partial charge in [0, 0.05) is 11.5 Å². The first-order chi connectivity index (χ1) is 10.5. The lowest BCUT2D eigenvalue weighted by molar-refractivity contribution is 0.236. The van der Waals surface area contributed by atoms with Crippen LogP contribution >= 0.6 is 0 Å². The molecule has 2 aromatic rings. The van der Waals surface area contributed by atoms with Crippen molar-refractivity contribution in [3.8, 4) is 17.2 Å². The quantitative estimate of drug-likeness (QED) is 0.624. The molecule has 2 heterocycles. The van der Waals surface area contributed by atoms with Gasteiger partial charge in [-0.1, -0.05) is 0 Å². The van der Waals surface area contributed by atoms with E-state index in [2.05, 4.69) is 0 Å². The van der Waals surface area contributed by atoms with Crippen molar-refractivity contribution < 1.29 is 23.4 Å². The summed E-state index contributed by atoms with van der Waals surface area (Å²) in [4.78, 5) is 11.5. The topological polar surface area (TPSA) is 70.4 Å². The Bertz CT molecular complexity index is 761. The van der Waals surface area contributed by atoms with Crippen LogP contribution < -0.4 is 19.8 Å². The van der Waals surface area contributed by atoms with Crippen LogP contribution in [0.15, 0.2) is 27.4 Å². The average molecular weight is 306 g/mol. The van der Waals surface area contributed by atoms with Crippen LogP contribution in [-0.2, 0) is 4.74 Å². The van der Waals surface area contributed by atoms with Crippen molar-refractivity contribution in [2.75, 3.05) is 20.8 Å². The smallest absolute Gasteiger partial charge is 0.336 e. The highest BCUT2D eigenvalue weighted by Crippen LogP contribution is 2.44. The third-order valence-corrected chi connectivity index (χ3v) is 3.75. The summed E-state index contributed by atoms with van der Waals surface area (Å²) in [6.45, 7) is 4.35. The fourth-order valence-corrected chi connectivity index (χ4v) is 2.34. The van der Waals surface area contributed by atoms with Crippen molar-refractivity contribution in [1.82, 2.24) is 0 Å². The summed E-state index contributed by atoms with van der Waals surface area (Å²) in [5.74, 6) is 1.25. The summed E-state index contributed by atoms with van der Waals surface area (Å²) in [5, 5.41) is 0.698. The molecule has 6 nitrogen and oxygen atoms in total. The van der Waals surface area contributed by atoms with E-state index in [1.54, 1.807) is 19.2 Å². The fourth-order valence-electron chi connectivity index (χ4n) is 2.34. The van der Waals surface area contributed by atoms with Gasteiger partial charge in [-0.25, -0.2) is 4.79 Å². The molecule has 0 amide bonds. The molecule has 1 saturated heterocycles. The molecule has 118 valence electrons. The number of hydrogen-bond acceptors (Lipinski definition) is 6. The molecule has 0 aliphatic carbocycles. The van der Waals surface area contributed by atoms with Gasteiger partial charge in [-0.3, -0.25) is 0 Å². The first kappa shape index (κ1) is 14.7. The first-order valence-electron chi connectivity index (χ1n) is 6.95.